The van der Waals surface area contributed by atoms with Crippen molar-refractivity contribution < 1.29 is 14.3 Å². The van der Waals surface area contributed by atoms with Crippen LogP contribution in [0.1, 0.15) is 31.1 Å². The van der Waals surface area contributed by atoms with Crippen LogP contribution in [0.5, 0.6) is 0 Å². The van der Waals surface area contributed by atoms with E-state index in [1.165, 1.54) is 0 Å². The van der Waals surface area contributed by atoms with Crippen LogP contribution < -0.4 is 16.0 Å². The zero-order valence-electron chi connectivity index (χ0n) is 13.6. The largest absolute Gasteiger partial charge is 0.366 e. The van der Waals surface area contributed by atoms with E-state index < -0.39 is 6.10 Å². The highest BCUT2D eigenvalue weighted by atomic mass is 35.5. The second kappa shape index (κ2) is 8.29. The predicted molar refractivity (Wildman–Crippen MR) is 92.1 cm³/mol. The minimum atomic E-state index is -0.499. The molecule has 1 unspecified atom stereocenters. The average molecular weight is 342 g/mol. The van der Waals surface area contributed by atoms with Crippen molar-refractivity contribution in [2.24, 2.45) is 0 Å². The lowest BCUT2D eigenvalue weighted by Crippen LogP contribution is -2.45. The molecule has 1 aliphatic heterocycles. The number of hydrogen-bond donors (Lipinski definition) is 3. The van der Waals surface area contributed by atoms with Gasteiger partial charge in [0.15, 0.2) is 0 Å². The van der Waals surface area contributed by atoms with Gasteiger partial charge in [-0.2, -0.15) is 0 Å². The zero-order valence-corrected chi connectivity index (χ0v) is 14.5. The summed E-state index contributed by atoms with van der Waals surface area (Å²) in [4.78, 5) is 24.2. The molecule has 0 radical (unpaired) electrons. The second-order valence-electron chi connectivity index (χ2n) is 6.34. The zero-order chi connectivity index (χ0) is 16.2. The molecule has 6 nitrogen and oxygen atoms in total. The van der Waals surface area contributed by atoms with E-state index in [0.29, 0.717) is 24.4 Å². The minimum Gasteiger partial charge on any atom is -0.366 e. The number of carbonyl (C=O) groups excluding carboxylic acids is 2. The topological polar surface area (TPSA) is 79.5 Å². The molecule has 0 aliphatic carbocycles. The molecular formula is C16H24ClN3O3. The Kier molecular flexibility index (Phi) is 7.00. The van der Waals surface area contributed by atoms with Crippen LogP contribution >= 0.6 is 12.4 Å². The summed E-state index contributed by atoms with van der Waals surface area (Å²) in [5.74, 6) is -0.375. The maximum Gasteiger partial charge on any atom is 0.254 e. The number of ether oxygens (including phenoxy) is 1. The Morgan fingerprint density at radius 1 is 1.30 bits per heavy atom. The van der Waals surface area contributed by atoms with Gasteiger partial charge in [-0.15, -0.1) is 12.4 Å². The summed E-state index contributed by atoms with van der Waals surface area (Å²) in [7, 11) is 0. The Bertz CT molecular complexity index is 552. The minimum absolute atomic E-state index is 0. The van der Waals surface area contributed by atoms with Gasteiger partial charge in [-0.05, 0) is 39.0 Å². The molecule has 128 valence electrons. The first kappa shape index (κ1) is 19.4. The fourth-order valence-corrected chi connectivity index (χ4v) is 2.11. The van der Waals surface area contributed by atoms with E-state index in [9.17, 15) is 9.59 Å². The number of carbonyl (C=O) groups is 2. The van der Waals surface area contributed by atoms with Crippen molar-refractivity contribution in [3.05, 3.63) is 29.8 Å². The number of morpholine rings is 1. The molecular weight excluding hydrogens is 318 g/mol. The summed E-state index contributed by atoms with van der Waals surface area (Å²) in [5.41, 5.74) is 0.786. The highest BCUT2D eigenvalue weighted by Crippen LogP contribution is 2.13. The summed E-state index contributed by atoms with van der Waals surface area (Å²) >= 11 is 0. The van der Waals surface area contributed by atoms with Crippen molar-refractivity contribution in [2.75, 3.05) is 25.0 Å². The fraction of sp³-hybridized carbons (Fsp3) is 0.500. The summed E-state index contributed by atoms with van der Waals surface area (Å²) < 4.78 is 5.40. The number of nitrogens with one attached hydrogen (secondary N) is 3. The Morgan fingerprint density at radius 3 is 2.65 bits per heavy atom. The number of anilines is 1. The van der Waals surface area contributed by atoms with E-state index in [1.807, 2.05) is 20.8 Å². The van der Waals surface area contributed by atoms with Crippen molar-refractivity contribution in [2.45, 2.75) is 32.4 Å². The molecule has 1 saturated heterocycles. The average Bonchev–Trinajstić information content (AvgIpc) is 2.46. The van der Waals surface area contributed by atoms with Crippen LogP contribution in [-0.2, 0) is 9.53 Å². The van der Waals surface area contributed by atoms with Crippen LogP contribution in [0.3, 0.4) is 0 Å². The SMILES string of the molecule is CC(C)(C)NC(=O)c1cccc(NC(=O)C2CNCCO2)c1.Cl. The number of hydrogen-bond acceptors (Lipinski definition) is 4. The molecule has 1 heterocycles. The summed E-state index contributed by atoms with van der Waals surface area (Å²) in [6.07, 6.45) is -0.499. The third-order valence-corrected chi connectivity index (χ3v) is 3.10. The summed E-state index contributed by atoms with van der Waals surface area (Å²) in [6.45, 7) is 7.53. The molecule has 7 heteroatoms. The van der Waals surface area contributed by atoms with Gasteiger partial charge in [0.25, 0.3) is 11.8 Å². The van der Waals surface area contributed by atoms with E-state index in [1.54, 1.807) is 24.3 Å². The van der Waals surface area contributed by atoms with Gasteiger partial charge < -0.3 is 20.7 Å². The van der Waals surface area contributed by atoms with Crippen LogP contribution in [0.25, 0.3) is 0 Å². The first-order chi connectivity index (χ1) is 10.3. The van der Waals surface area contributed by atoms with Crippen molar-refractivity contribution in [3.63, 3.8) is 0 Å². The highest BCUT2D eigenvalue weighted by Gasteiger charge is 2.22. The Morgan fingerprint density at radius 2 is 2.04 bits per heavy atom. The van der Waals surface area contributed by atoms with Gasteiger partial charge in [0.2, 0.25) is 0 Å². The van der Waals surface area contributed by atoms with E-state index in [0.717, 1.165) is 6.54 Å². The van der Waals surface area contributed by atoms with Crippen molar-refractivity contribution >= 4 is 29.9 Å². The van der Waals surface area contributed by atoms with Gasteiger partial charge in [-0.1, -0.05) is 6.07 Å². The van der Waals surface area contributed by atoms with Crippen molar-refractivity contribution in [1.29, 1.82) is 0 Å². The van der Waals surface area contributed by atoms with Gasteiger partial charge in [0, 0.05) is 29.9 Å². The van der Waals surface area contributed by atoms with Crippen molar-refractivity contribution in [1.82, 2.24) is 10.6 Å². The molecule has 1 atom stereocenters. The molecule has 23 heavy (non-hydrogen) atoms. The van der Waals surface area contributed by atoms with Crippen LogP contribution in [0.4, 0.5) is 5.69 Å². The highest BCUT2D eigenvalue weighted by molar-refractivity contribution is 5.98. The monoisotopic (exact) mass is 341 g/mol. The number of rotatable bonds is 3. The van der Waals surface area contributed by atoms with Gasteiger partial charge in [0.05, 0.1) is 6.61 Å². The molecule has 2 amide bonds. The standard InChI is InChI=1S/C16H23N3O3.ClH/c1-16(2,3)19-14(20)11-5-4-6-12(9-11)18-15(21)13-10-17-7-8-22-13;/h4-6,9,13,17H,7-8,10H2,1-3H3,(H,18,21)(H,19,20);1H. The van der Waals surface area contributed by atoms with Gasteiger partial charge in [0.1, 0.15) is 6.10 Å². The molecule has 0 bridgehead atoms. The van der Waals surface area contributed by atoms with Crippen LogP contribution in [0.15, 0.2) is 24.3 Å². The molecule has 0 spiro atoms. The van der Waals surface area contributed by atoms with Crippen molar-refractivity contribution in [3.8, 4) is 0 Å². The van der Waals surface area contributed by atoms with E-state index in [2.05, 4.69) is 16.0 Å². The second-order valence-corrected chi connectivity index (χ2v) is 6.34. The third kappa shape index (κ3) is 6.17. The predicted octanol–water partition coefficient (Wildman–Crippen LogP) is 1.56. The maximum atomic E-state index is 12.1. The number of benzene rings is 1. The lowest BCUT2D eigenvalue weighted by molar-refractivity contribution is -0.128. The molecule has 1 aliphatic rings. The Balaban J connectivity index is 0.00000264. The van der Waals surface area contributed by atoms with Gasteiger partial charge in [-0.25, -0.2) is 0 Å². The van der Waals surface area contributed by atoms with Crippen LogP contribution in [0, 0.1) is 0 Å². The summed E-state index contributed by atoms with van der Waals surface area (Å²) in [6, 6.07) is 6.87. The fourth-order valence-electron chi connectivity index (χ4n) is 2.11. The lowest BCUT2D eigenvalue weighted by Gasteiger charge is -2.23. The van der Waals surface area contributed by atoms with Crippen LogP contribution in [0.2, 0.25) is 0 Å². The number of halogens is 1. The van der Waals surface area contributed by atoms with E-state index in [-0.39, 0.29) is 29.8 Å². The first-order valence-electron chi connectivity index (χ1n) is 7.41. The Hall–Kier alpha value is -1.63. The molecule has 3 N–H and O–H groups in total. The van der Waals surface area contributed by atoms with Gasteiger partial charge >= 0.3 is 0 Å². The quantitative estimate of drug-likeness (QED) is 0.779. The van der Waals surface area contributed by atoms with E-state index in [4.69, 9.17) is 4.74 Å². The molecule has 1 aromatic rings. The maximum absolute atomic E-state index is 12.1. The van der Waals surface area contributed by atoms with Gasteiger partial charge in [-0.3, -0.25) is 9.59 Å². The normalized spacial score (nSPS) is 17.8. The molecule has 1 fully saturated rings. The lowest BCUT2D eigenvalue weighted by atomic mass is 10.1. The Labute approximate surface area is 142 Å². The molecule has 0 saturated carbocycles. The number of amides is 2. The molecule has 1 aromatic carbocycles. The van der Waals surface area contributed by atoms with Crippen LogP contribution in [-0.4, -0.2) is 43.2 Å². The van der Waals surface area contributed by atoms with E-state index >= 15 is 0 Å². The molecule has 0 aromatic heterocycles. The summed E-state index contributed by atoms with van der Waals surface area (Å²) in [5, 5.41) is 8.79. The molecule has 2 rings (SSSR count). The third-order valence-electron chi connectivity index (χ3n) is 3.10. The smallest absolute Gasteiger partial charge is 0.254 e. The first-order valence-corrected chi connectivity index (χ1v) is 7.41.